The van der Waals surface area contributed by atoms with Gasteiger partial charge in [-0.25, -0.2) is 0 Å². The van der Waals surface area contributed by atoms with Crippen LogP contribution in [0.25, 0.3) is 0 Å². The predicted molar refractivity (Wildman–Crippen MR) is 70.1 cm³/mol. The highest BCUT2D eigenvalue weighted by molar-refractivity contribution is 7.09. The minimum absolute atomic E-state index is 0.648. The van der Waals surface area contributed by atoms with Crippen molar-refractivity contribution >= 4 is 11.3 Å². The van der Waals surface area contributed by atoms with Gasteiger partial charge in [-0.3, -0.25) is 9.67 Å². The third-order valence-corrected chi connectivity index (χ3v) is 3.39. The summed E-state index contributed by atoms with van der Waals surface area (Å²) >= 11 is 1.67. The molecule has 0 saturated carbocycles. The Bertz CT molecular complexity index is 390. The van der Waals surface area contributed by atoms with Crippen LogP contribution in [-0.2, 0) is 6.54 Å². The molecule has 0 amide bonds. The van der Waals surface area contributed by atoms with E-state index in [4.69, 9.17) is 0 Å². The number of thiazole rings is 1. The van der Waals surface area contributed by atoms with Crippen LogP contribution in [0.15, 0.2) is 30.2 Å². The fourth-order valence-electron chi connectivity index (χ4n) is 1.83. The maximum absolute atomic E-state index is 4.16. The Balaban J connectivity index is 0.000000153. The van der Waals surface area contributed by atoms with Gasteiger partial charge in [0.05, 0.1) is 12.1 Å². The third-order valence-electron chi connectivity index (χ3n) is 2.68. The summed E-state index contributed by atoms with van der Waals surface area (Å²) < 4.78 is 1.99. The van der Waals surface area contributed by atoms with Gasteiger partial charge in [0.15, 0.2) is 0 Å². The lowest BCUT2D eigenvalue weighted by Crippen LogP contribution is -2.26. The number of aromatic nitrogens is 3. The van der Waals surface area contributed by atoms with Crippen LogP contribution in [0.3, 0.4) is 0 Å². The molecule has 1 N–H and O–H groups in total. The Morgan fingerprint density at radius 2 is 2.53 bits per heavy atom. The lowest BCUT2D eigenvalue weighted by molar-refractivity contribution is 0.476. The van der Waals surface area contributed by atoms with Crippen molar-refractivity contribution in [3.05, 3.63) is 35.0 Å². The molecule has 0 bridgehead atoms. The maximum atomic E-state index is 4.16. The van der Waals surface area contributed by atoms with Crippen molar-refractivity contribution in [2.24, 2.45) is 0 Å². The van der Waals surface area contributed by atoms with E-state index in [-0.39, 0.29) is 0 Å². The lowest BCUT2D eigenvalue weighted by atomic mass is 10.2. The van der Waals surface area contributed by atoms with Crippen molar-refractivity contribution in [1.82, 2.24) is 20.1 Å². The van der Waals surface area contributed by atoms with Gasteiger partial charge in [-0.1, -0.05) is 0 Å². The molecule has 0 aliphatic carbocycles. The minimum Gasteiger partial charge on any atom is -0.312 e. The lowest BCUT2D eigenvalue weighted by Gasteiger charge is -2.08. The van der Waals surface area contributed by atoms with E-state index in [0.29, 0.717) is 6.04 Å². The highest BCUT2D eigenvalue weighted by Crippen LogP contribution is 2.06. The molecule has 2 aromatic rings. The smallest absolute Gasteiger partial charge is 0.0794 e. The molecule has 1 fully saturated rings. The van der Waals surface area contributed by atoms with Crippen molar-refractivity contribution in [1.29, 1.82) is 0 Å². The zero-order valence-electron chi connectivity index (χ0n) is 10.0. The molecule has 1 aliphatic rings. The molecule has 3 heterocycles. The summed E-state index contributed by atoms with van der Waals surface area (Å²) in [5, 5.41) is 7.59. The van der Waals surface area contributed by atoms with Gasteiger partial charge in [0, 0.05) is 29.5 Å². The first-order valence-electron chi connectivity index (χ1n) is 5.90. The molecule has 0 radical (unpaired) electrons. The predicted octanol–water partition coefficient (Wildman–Crippen LogP) is 2.09. The van der Waals surface area contributed by atoms with Crippen molar-refractivity contribution in [3.63, 3.8) is 0 Å². The number of rotatable bonds is 2. The normalized spacial score (nSPS) is 18.8. The second-order valence-corrected chi connectivity index (χ2v) is 5.22. The zero-order chi connectivity index (χ0) is 11.9. The standard InChI is InChI=1S/C8H13N3.C4H5NS/c1-3-8(9-4-1)7-11-6-2-5-10-11;1-4-2-5-3-6-4/h2,5-6,8-9H,1,3-4,7H2;2-3H,1H3. The summed E-state index contributed by atoms with van der Waals surface area (Å²) in [7, 11) is 0. The fraction of sp³-hybridized carbons (Fsp3) is 0.500. The van der Waals surface area contributed by atoms with Crippen LogP contribution in [0.1, 0.15) is 17.7 Å². The quantitative estimate of drug-likeness (QED) is 0.887. The van der Waals surface area contributed by atoms with E-state index in [1.54, 1.807) is 11.3 Å². The molecule has 1 unspecified atom stereocenters. The topological polar surface area (TPSA) is 42.7 Å². The van der Waals surface area contributed by atoms with Crippen molar-refractivity contribution < 1.29 is 0 Å². The molecule has 0 aromatic carbocycles. The van der Waals surface area contributed by atoms with E-state index < -0.39 is 0 Å². The number of nitrogens with one attached hydrogen (secondary N) is 1. The van der Waals surface area contributed by atoms with E-state index >= 15 is 0 Å². The fourth-order valence-corrected chi connectivity index (χ4v) is 2.24. The van der Waals surface area contributed by atoms with Gasteiger partial charge in [0.25, 0.3) is 0 Å². The number of hydrogen-bond acceptors (Lipinski definition) is 4. The first kappa shape index (κ1) is 12.3. The SMILES string of the molecule is Cc1cncs1.c1cnn(CC2CCCN2)c1. The van der Waals surface area contributed by atoms with Gasteiger partial charge in [-0.15, -0.1) is 11.3 Å². The molecule has 3 rings (SSSR count). The molecular formula is C12H18N4S. The van der Waals surface area contributed by atoms with E-state index in [1.807, 2.05) is 41.8 Å². The second kappa shape index (κ2) is 6.51. The molecule has 17 heavy (non-hydrogen) atoms. The molecule has 4 nitrogen and oxygen atoms in total. The van der Waals surface area contributed by atoms with Crippen molar-refractivity contribution in [3.8, 4) is 0 Å². The van der Waals surface area contributed by atoms with Crippen LogP contribution in [0.4, 0.5) is 0 Å². The molecule has 0 spiro atoms. The Morgan fingerprint density at radius 1 is 1.59 bits per heavy atom. The molecule has 2 aromatic heterocycles. The van der Waals surface area contributed by atoms with Crippen molar-refractivity contribution in [2.45, 2.75) is 32.4 Å². The zero-order valence-corrected chi connectivity index (χ0v) is 10.9. The summed E-state index contributed by atoms with van der Waals surface area (Å²) in [6.45, 7) is 4.23. The Hall–Kier alpha value is -1.20. The van der Waals surface area contributed by atoms with Crippen LogP contribution in [0.2, 0.25) is 0 Å². The molecule has 1 aliphatic heterocycles. The van der Waals surface area contributed by atoms with Crippen LogP contribution in [-0.4, -0.2) is 27.4 Å². The van der Waals surface area contributed by atoms with Crippen LogP contribution < -0.4 is 5.32 Å². The summed E-state index contributed by atoms with van der Waals surface area (Å²) in [6.07, 6.45) is 8.30. The Kier molecular flexibility index (Phi) is 4.70. The minimum atomic E-state index is 0.648. The highest BCUT2D eigenvalue weighted by Gasteiger charge is 2.13. The first-order chi connectivity index (χ1) is 8.34. The van der Waals surface area contributed by atoms with Crippen LogP contribution in [0, 0.1) is 6.92 Å². The van der Waals surface area contributed by atoms with E-state index in [0.717, 1.165) is 6.54 Å². The molecule has 1 saturated heterocycles. The summed E-state index contributed by atoms with van der Waals surface area (Å²) in [5.41, 5.74) is 1.83. The summed E-state index contributed by atoms with van der Waals surface area (Å²) in [4.78, 5) is 5.11. The number of nitrogens with zero attached hydrogens (tertiary/aromatic N) is 3. The third kappa shape index (κ3) is 4.28. The number of hydrogen-bond donors (Lipinski definition) is 1. The van der Waals surface area contributed by atoms with Gasteiger partial charge < -0.3 is 5.32 Å². The van der Waals surface area contributed by atoms with E-state index in [2.05, 4.69) is 15.4 Å². The van der Waals surface area contributed by atoms with Gasteiger partial charge in [0.1, 0.15) is 0 Å². The van der Waals surface area contributed by atoms with Gasteiger partial charge >= 0.3 is 0 Å². The largest absolute Gasteiger partial charge is 0.312 e. The van der Waals surface area contributed by atoms with E-state index in [9.17, 15) is 0 Å². The van der Waals surface area contributed by atoms with Crippen LogP contribution >= 0.6 is 11.3 Å². The average molecular weight is 250 g/mol. The van der Waals surface area contributed by atoms with E-state index in [1.165, 1.54) is 24.3 Å². The number of aryl methyl sites for hydroxylation is 1. The molecule has 1 atom stereocenters. The maximum Gasteiger partial charge on any atom is 0.0794 e. The molecular weight excluding hydrogens is 232 g/mol. The molecule has 92 valence electrons. The second-order valence-electron chi connectivity index (χ2n) is 4.13. The Labute approximate surface area is 106 Å². The molecule has 5 heteroatoms. The van der Waals surface area contributed by atoms with Crippen LogP contribution in [0.5, 0.6) is 0 Å². The average Bonchev–Trinajstić information content (AvgIpc) is 3.02. The highest BCUT2D eigenvalue weighted by atomic mass is 32.1. The summed E-state index contributed by atoms with van der Waals surface area (Å²) in [6, 6.07) is 2.62. The van der Waals surface area contributed by atoms with Gasteiger partial charge in [-0.2, -0.15) is 5.10 Å². The van der Waals surface area contributed by atoms with Gasteiger partial charge in [0.2, 0.25) is 0 Å². The summed E-state index contributed by atoms with van der Waals surface area (Å²) in [5.74, 6) is 0. The van der Waals surface area contributed by atoms with Crippen molar-refractivity contribution in [2.75, 3.05) is 6.54 Å². The monoisotopic (exact) mass is 250 g/mol. The first-order valence-corrected chi connectivity index (χ1v) is 6.78. The Morgan fingerprint density at radius 3 is 3.00 bits per heavy atom. The van der Waals surface area contributed by atoms with Gasteiger partial charge in [-0.05, 0) is 32.4 Å².